The van der Waals surface area contributed by atoms with E-state index in [0.717, 1.165) is 23.1 Å². The number of halogens is 5. The molecule has 0 spiro atoms. The number of anilines is 1. The molecule has 1 aliphatic rings. The van der Waals surface area contributed by atoms with Crippen LogP contribution in [0.3, 0.4) is 0 Å². The summed E-state index contributed by atoms with van der Waals surface area (Å²) in [7, 11) is 0. The summed E-state index contributed by atoms with van der Waals surface area (Å²) in [6.45, 7) is -0.427. The lowest BCUT2D eigenvalue weighted by atomic mass is 9.95. The van der Waals surface area contributed by atoms with Crippen molar-refractivity contribution in [3.05, 3.63) is 99.8 Å². The first-order valence-corrected chi connectivity index (χ1v) is 9.84. The number of rotatable bonds is 2. The van der Waals surface area contributed by atoms with E-state index in [9.17, 15) is 27.2 Å². The minimum Gasteiger partial charge on any atom is -0.324 e. The SMILES string of the molecule is O=C1CN(C(=O)c2cccc(C(F)(F)F)c2)[C@H](c2ccc(F)cc2)c2cc(Cl)ccc2N1. The average Bonchev–Trinajstić information content (AvgIpc) is 2.89. The highest BCUT2D eigenvalue weighted by atomic mass is 35.5. The fraction of sp³-hybridized carbons (Fsp3) is 0.130. The highest BCUT2D eigenvalue weighted by Gasteiger charge is 2.36. The summed E-state index contributed by atoms with van der Waals surface area (Å²) in [6.07, 6.45) is -4.64. The summed E-state index contributed by atoms with van der Waals surface area (Å²) >= 11 is 6.16. The Labute approximate surface area is 185 Å². The Balaban J connectivity index is 1.87. The second-order valence-electron chi connectivity index (χ2n) is 7.25. The molecule has 0 radical (unpaired) electrons. The molecule has 0 aliphatic carbocycles. The van der Waals surface area contributed by atoms with Crippen LogP contribution in [-0.4, -0.2) is 23.3 Å². The van der Waals surface area contributed by atoms with E-state index in [0.29, 0.717) is 21.8 Å². The Morgan fingerprint density at radius 1 is 1.03 bits per heavy atom. The summed E-state index contributed by atoms with van der Waals surface area (Å²) in [5.74, 6) is -1.81. The molecule has 1 atom stereocenters. The van der Waals surface area contributed by atoms with E-state index in [1.165, 1.54) is 30.3 Å². The van der Waals surface area contributed by atoms with E-state index in [4.69, 9.17) is 11.6 Å². The van der Waals surface area contributed by atoms with Gasteiger partial charge in [-0.2, -0.15) is 13.2 Å². The summed E-state index contributed by atoms with van der Waals surface area (Å²) in [5.41, 5.74) is 0.102. The number of benzene rings is 3. The molecule has 3 aromatic carbocycles. The molecule has 0 saturated carbocycles. The van der Waals surface area contributed by atoms with Crippen LogP contribution in [0, 0.1) is 5.82 Å². The van der Waals surface area contributed by atoms with E-state index in [1.807, 2.05) is 0 Å². The highest BCUT2D eigenvalue weighted by Crippen LogP contribution is 2.38. The Morgan fingerprint density at radius 3 is 2.44 bits per heavy atom. The van der Waals surface area contributed by atoms with Crippen LogP contribution in [0.25, 0.3) is 0 Å². The molecule has 1 aliphatic heterocycles. The van der Waals surface area contributed by atoms with Crippen molar-refractivity contribution in [1.82, 2.24) is 4.90 Å². The molecule has 1 N–H and O–H groups in total. The zero-order valence-corrected chi connectivity index (χ0v) is 17.0. The Morgan fingerprint density at radius 2 is 1.75 bits per heavy atom. The Kier molecular flexibility index (Phi) is 5.64. The molecule has 4 rings (SSSR count). The van der Waals surface area contributed by atoms with Gasteiger partial charge in [-0.3, -0.25) is 9.59 Å². The van der Waals surface area contributed by atoms with E-state index >= 15 is 0 Å². The number of alkyl halides is 3. The second-order valence-corrected chi connectivity index (χ2v) is 7.68. The fourth-order valence-electron chi connectivity index (χ4n) is 3.67. The molecule has 0 fully saturated rings. The van der Waals surface area contributed by atoms with Crippen LogP contribution in [-0.2, 0) is 11.0 Å². The summed E-state index contributed by atoms with van der Waals surface area (Å²) in [4.78, 5) is 27.1. The smallest absolute Gasteiger partial charge is 0.324 e. The van der Waals surface area contributed by atoms with Gasteiger partial charge in [0, 0.05) is 21.8 Å². The number of nitrogens with one attached hydrogen (secondary N) is 1. The zero-order chi connectivity index (χ0) is 23.0. The third-order valence-corrected chi connectivity index (χ3v) is 5.33. The number of carbonyl (C=O) groups is 2. The molecule has 0 aromatic heterocycles. The maximum absolute atomic E-state index is 13.6. The minimum atomic E-state index is -4.64. The van der Waals surface area contributed by atoms with E-state index in [-0.39, 0.29) is 5.56 Å². The van der Waals surface area contributed by atoms with Crippen molar-refractivity contribution in [1.29, 1.82) is 0 Å². The van der Waals surface area contributed by atoms with Crippen LogP contribution in [0.5, 0.6) is 0 Å². The number of amides is 2. The lowest BCUT2D eigenvalue weighted by Gasteiger charge is -2.31. The van der Waals surface area contributed by atoms with Gasteiger partial charge in [-0.1, -0.05) is 29.8 Å². The summed E-state index contributed by atoms with van der Waals surface area (Å²) < 4.78 is 53.1. The quantitative estimate of drug-likeness (QED) is 0.498. The lowest BCUT2D eigenvalue weighted by molar-refractivity contribution is -0.137. The molecule has 164 valence electrons. The van der Waals surface area contributed by atoms with Gasteiger partial charge in [0.2, 0.25) is 5.91 Å². The van der Waals surface area contributed by atoms with Gasteiger partial charge < -0.3 is 10.2 Å². The number of nitrogens with zero attached hydrogens (tertiary/aromatic N) is 1. The predicted molar refractivity (Wildman–Crippen MR) is 111 cm³/mol. The van der Waals surface area contributed by atoms with Gasteiger partial charge in [-0.15, -0.1) is 0 Å². The molecule has 0 saturated heterocycles. The van der Waals surface area contributed by atoms with Crippen molar-refractivity contribution >= 4 is 29.1 Å². The van der Waals surface area contributed by atoms with Gasteiger partial charge in [0.15, 0.2) is 0 Å². The maximum Gasteiger partial charge on any atom is 0.416 e. The molecular formula is C23H15ClF4N2O2. The van der Waals surface area contributed by atoms with Crippen LogP contribution in [0.4, 0.5) is 23.2 Å². The maximum atomic E-state index is 13.6. The third kappa shape index (κ3) is 4.31. The monoisotopic (exact) mass is 462 g/mol. The number of hydrogen-bond donors (Lipinski definition) is 1. The second kappa shape index (κ2) is 8.27. The lowest BCUT2D eigenvalue weighted by Crippen LogP contribution is -2.39. The molecule has 0 bridgehead atoms. The molecule has 32 heavy (non-hydrogen) atoms. The third-order valence-electron chi connectivity index (χ3n) is 5.09. The first-order chi connectivity index (χ1) is 15.1. The van der Waals surface area contributed by atoms with Gasteiger partial charge in [0.1, 0.15) is 12.4 Å². The Bertz CT molecular complexity index is 1200. The van der Waals surface area contributed by atoms with E-state index < -0.39 is 42.0 Å². The average molecular weight is 463 g/mol. The van der Waals surface area contributed by atoms with Crippen molar-refractivity contribution < 1.29 is 27.2 Å². The first kappa shape index (κ1) is 21.8. The van der Waals surface area contributed by atoms with Crippen LogP contribution in [0.2, 0.25) is 5.02 Å². The van der Waals surface area contributed by atoms with Gasteiger partial charge in [0.05, 0.1) is 11.6 Å². The molecule has 0 unspecified atom stereocenters. The van der Waals surface area contributed by atoms with Crippen LogP contribution in [0.1, 0.15) is 33.1 Å². The van der Waals surface area contributed by atoms with Gasteiger partial charge >= 0.3 is 6.18 Å². The molecule has 3 aromatic rings. The van der Waals surface area contributed by atoms with E-state index in [1.54, 1.807) is 18.2 Å². The summed E-state index contributed by atoms with van der Waals surface area (Å²) in [6, 6.07) is 13.1. The molecule has 2 amide bonds. The van der Waals surface area contributed by atoms with E-state index in [2.05, 4.69) is 5.32 Å². The van der Waals surface area contributed by atoms with Crippen LogP contribution >= 0.6 is 11.6 Å². The number of hydrogen-bond acceptors (Lipinski definition) is 2. The van der Waals surface area contributed by atoms with Gasteiger partial charge in [-0.05, 0) is 54.1 Å². The molecule has 4 nitrogen and oxygen atoms in total. The van der Waals surface area contributed by atoms with Crippen molar-refractivity contribution in [3.8, 4) is 0 Å². The van der Waals surface area contributed by atoms with Crippen molar-refractivity contribution in [2.75, 3.05) is 11.9 Å². The molecular weight excluding hydrogens is 448 g/mol. The normalized spacial score (nSPS) is 16.2. The largest absolute Gasteiger partial charge is 0.416 e. The summed E-state index contributed by atoms with van der Waals surface area (Å²) in [5, 5.41) is 3.02. The van der Waals surface area contributed by atoms with Crippen LogP contribution in [0.15, 0.2) is 66.7 Å². The van der Waals surface area contributed by atoms with Crippen molar-refractivity contribution in [3.63, 3.8) is 0 Å². The van der Waals surface area contributed by atoms with Gasteiger partial charge in [-0.25, -0.2) is 4.39 Å². The molecule has 1 heterocycles. The fourth-order valence-corrected chi connectivity index (χ4v) is 3.85. The van der Waals surface area contributed by atoms with Crippen molar-refractivity contribution in [2.45, 2.75) is 12.2 Å². The molecule has 9 heteroatoms. The van der Waals surface area contributed by atoms with Crippen LogP contribution < -0.4 is 5.32 Å². The predicted octanol–water partition coefficient (Wildman–Crippen LogP) is 5.68. The topological polar surface area (TPSA) is 49.4 Å². The Hall–Kier alpha value is -3.39. The van der Waals surface area contributed by atoms with Gasteiger partial charge in [0.25, 0.3) is 5.91 Å². The first-order valence-electron chi connectivity index (χ1n) is 9.46. The minimum absolute atomic E-state index is 0.231. The zero-order valence-electron chi connectivity index (χ0n) is 16.3. The number of carbonyl (C=O) groups excluding carboxylic acids is 2. The van der Waals surface area contributed by atoms with Crippen molar-refractivity contribution in [2.24, 2.45) is 0 Å². The highest BCUT2D eigenvalue weighted by molar-refractivity contribution is 6.30. The number of fused-ring (bicyclic) bond motifs is 1. The standard InChI is InChI=1S/C23H15ClF4N2O2/c24-16-6-9-19-18(11-16)21(13-4-7-17(25)8-5-13)30(12-20(31)29-19)22(32)14-2-1-3-15(10-14)23(26,27)28/h1-11,21H,12H2,(H,29,31)/t21-/m1/s1.